The van der Waals surface area contributed by atoms with Crippen LogP contribution in [0.3, 0.4) is 0 Å². The van der Waals surface area contributed by atoms with Crippen LogP contribution in [0.1, 0.15) is 6.92 Å². The Morgan fingerprint density at radius 2 is 2.33 bits per heavy atom. The molecule has 0 radical (unpaired) electrons. The Hall–Kier alpha value is -2.08. The third kappa shape index (κ3) is 2.98. The molecule has 2 rings (SSSR count). The van der Waals surface area contributed by atoms with Gasteiger partial charge in [-0.3, -0.25) is 0 Å². The van der Waals surface area contributed by atoms with E-state index in [0.29, 0.717) is 12.4 Å². The van der Waals surface area contributed by atoms with Crippen LogP contribution in [0.15, 0.2) is 28.8 Å². The van der Waals surface area contributed by atoms with Crippen molar-refractivity contribution in [2.24, 2.45) is 0 Å². The molecule has 0 amide bonds. The van der Waals surface area contributed by atoms with Crippen molar-refractivity contribution in [1.29, 1.82) is 0 Å². The molecule has 1 atom stereocenters. The van der Waals surface area contributed by atoms with Gasteiger partial charge in [0.05, 0.1) is 13.2 Å². The topological polar surface area (TPSA) is 80.4 Å². The first-order valence-electron chi connectivity index (χ1n) is 5.59. The Labute approximate surface area is 105 Å². The summed E-state index contributed by atoms with van der Waals surface area (Å²) in [4.78, 5) is 4.17. The van der Waals surface area contributed by atoms with Crippen molar-refractivity contribution in [3.63, 3.8) is 0 Å². The smallest absolute Gasteiger partial charge is 0.321 e. The van der Waals surface area contributed by atoms with Crippen molar-refractivity contribution < 1.29 is 14.4 Å². The summed E-state index contributed by atoms with van der Waals surface area (Å²) in [6, 6.07) is 7.67. The van der Waals surface area contributed by atoms with Gasteiger partial charge in [0.15, 0.2) is 0 Å². The Balaban J connectivity index is 2.13. The van der Waals surface area contributed by atoms with Crippen molar-refractivity contribution in [2.45, 2.75) is 13.0 Å². The molecule has 1 heterocycles. The van der Waals surface area contributed by atoms with Crippen molar-refractivity contribution in [2.75, 3.05) is 19.0 Å². The third-order valence-corrected chi connectivity index (χ3v) is 2.30. The predicted octanol–water partition coefficient (Wildman–Crippen LogP) is 1.54. The van der Waals surface area contributed by atoms with Gasteiger partial charge in [0.1, 0.15) is 5.75 Å². The highest BCUT2D eigenvalue weighted by molar-refractivity contribution is 5.57. The molecule has 1 unspecified atom stereocenters. The van der Waals surface area contributed by atoms with Gasteiger partial charge in [-0.1, -0.05) is 17.3 Å². The van der Waals surface area contributed by atoms with Gasteiger partial charge in [0, 0.05) is 12.1 Å². The second kappa shape index (κ2) is 5.50. The largest absolute Gasteiger partial charge is 0.497 e. The maximum absolute atomic E-state index is 9.14. The molecule has 0 aliphatic rings. The number of aromatic nitrogens is 2. The average Bonchev–Trinajstić information content (AvgIpc) is 2.85. The number of rotatable bonds is 5. The molecule has 0 aliphatic heterocycles. The number of hydrogen-bond acceptors (Lipinski definition) is 6. The first kappa shape index (κ1) is 12.4. The molecule has 2 aromatic rings. The van der Waals surface area contributed by atoms with Crippen LogP contribution < -0.4 is 10.1 Å². The quantitative estimate of drug-likeness (QED) is 0.836. The lowest BCUT2D eigenvalue weighted by Crippen LogP contribution is -2.15. The van der Waals surface area contributed by atoms with E-state index in [2.05, 4.69) is 15.5 Å². The number of aliphatic hydroxyl groups is 1. The van der Waals surface area contributed by atoms with Crippen molar-refractivity contribution in [1.82, 2.24) is 10.1 Å². The molecule has 0 spiro atoms. The highest BCUT2D eigenvalue weighted by atomic mass is 16.5. The summed E-state index contributed by atoms with van der Waals surface area (Å²) in [5.74, 6) is 1.21. The molecule has 0 bridgehead atoms. The monoisotopic (exact) mass is 249 g/mol. The standard InChI is InChI=1S/C12H15N3O3/c1-8(16)7-13-12-14-11(15-18-12)9-4-3-5-10(6-9)17-2/h3-6,8,16H,7H2,1-2H3,(H,13,14,15). The van der Waals surface area contributed by atoms with E-state index >= 15 is 0 Å². The molecule has 1 aromatic heterocycles. The maximum atomic E-state index is 9.14. The van der Waals surface area contributed by atoms with E-state index in [4.69, 9.17) is 14.4 Å². The van der Waals surface area contributed by atoms with Crippen LogP contribution in [-0.4, -0.2) is 35.0 Å². The lowest BCUT2D eigenvalue weighted by molar-refractivity contribution is 0.207. The third-order valence-electron chi connectivity index (χ3n) is 2.30. The zero-order valence-electron chi connectivity index (χ0n) is 10.3. The van der Waals surface area contributed by atoms with E-state index in [-0.39, 0.29) is 6.01 Å². The summed E-state index contributed by atoms with van der Waals surface area (Å²) in [6.07, 6.45) is -0.475. The molecule has 0 saturated heterocycles. The summed E-state index contributed by atoms with van der Waals surface area (Å²) >= 11 is 0. The van der Waals surface area contributed by atoms with Gasteiger partial charge in [0.2, 0.25) is 5.82 Å². The van der Waals surface area contributed by atoms with Gasteiger partial charge in [-0.05, 0) is 19.1 Å². The molecular formula is C12H15N3O3. The highest BCUT2D eigenvalue weighted by Gasteiger charge is 2.09. The van der Waals surface area contributed by atoms with E-state index in [1.807, 2.05) is 24.3 Å². The second-order valence-corrected chi connectivity index (χ2v) is 3.89. The van der Waals surface area contributed by atoms with E-state index in [0.717, 1.165) is 11.3 Å². The Kier molecular flexibility index (Phi) is 3.78. The summed E-state index contributed by atoms with van der Waals surface area (Å²) in [7, 11) is 1.60. The number of benzene rings is 1. The number of aliphatic hydroxyl groups excluding tert-OH is 1. The first-order valence-corrected chi connectivity index (χ1v) is 5.59. The molecule has 1 aromatic carbocycles. The van der Waals surface area contributed by atoms with Gasteiger partial charge in [0.25, 0.3) is 0 Å². The Morgan fingerprint density at radius 1 is 1.50 bits per heavy atom. The Morgan fingerprint density at radius 3 is 3.06 bits per heavy atom. The van der Waals surface area contributed by atoms with Gasteiger partial charge in [-0.15, -0.1) is 0 Å². The SMILES string of the molecule is COc1cccc(-c2noc(NCC(C)O)n2)c1. The van der Waals surface area contributed by atoms with Crippen LogP contribution in [0.5, 0.6) is 5.75 Å². The van der Waals surface area contributed by atoms with Gasteiger partial charge in [-0.25, -0.2) is 0 Å². The van der Waals surface area contributed by atoms with E-state index in [9.17, 15) is 0 Å². The lowest BCUT2D eigenvalue weighted by Gasteiger charge is -2.02. The van der Waals surface area contributed by atoms with Crippen LogP contribution in [0.2, 0.25) is 0 Å². The normalized spacial score (nSPS) is 12.2. The van der Waals surface area contributed by atoms with Crippen LogP contribution in [0.4, 0.5) is 6.01 Å². The minimum atomic E-state index is -0.475. The number of methoxy groups -OCH3 is 1. The minimum Gasteiger partial charge on any atom is -0.497 e. The van der Waals surface area contributed by atoms with E-state index in [1.165, 1.54) is 0 Å². The first-order chi connectivity index (χ1) is 8.69. The van der Waals surface area contributed by atoms with Crippen LogP contribution in [-0.2, 0) is 0 Å². The molecule has 0 saturated carbocycles. The Bertz CT molecular complexity index is 511. The zero-order valence-corrected chi connectivity index (χ0v) is 10.3. The zero-order chi connectivity index (χ0) is 13.0. The number of anilines is 1. The molecule has 2 N–H and O–H groups in total. The van der Waals surface area contributed by atoms with Crippen LogP contribution in [0, 0.1) is 0 Å². The summed E-state index contributed by atoms with van der Waals surface area (Å²) < 4.78 is 10.1. The number of nitrogens with zero attached hydrogens (tertiary/aromatic N) is 2. The molecular weight excluding hydrogens is 234 g/mol. The average molecular weight is 249 g/mol. The number of nitrogens with one attached hydrogen (secondary N) is 1. The lowest BCUT2D eigenvalue weighted by atomic mass is 10.2. The molecule has 6 nitrogen and oxygen atoms in total. The van der Waals surface area contributed by atoms with E-state index in [1.54, 1.807) is 14.0 Å². The fraction of sp³-hybridized carbons (Fsp3) is 0.333. The van der Waals surface area contributed by atoms with Crippen molar-refractivity contribution >= 4 is 6.01 Å². The van der Waals surface area contributed by atoms with E-state index < -0.39 is 6.10 Å². The van der Waals surface area contributed by atoms with Crippen molar-refractivity contribution in [3.8, 4) is 17.1 Å². The molecule has 0 aliphatic carbocycles. The van der Waals surface area contributed by atoms with Gasteiger partial charge in [-0.2, -0.15) is 4.98 Å². The molecule has 96 valence electrons. The van der Waals surface area contributed by atoms with Crippen molar-refractivity contribution in [3.05, 3.63) is 24.3 Å². The minimum absolute atomic E-state index is 0.286. The highest BCUT2D eigenvalue weighted by Crippen LogP contribution is 2.22. The second-order valence-electron chi connectivity index (χ2n) is 3.89. The molecule has 18 heavy (non-hydrogen) atoms. The maximum Gasteiger partial charge on any atom is 0.321 e. The van der Waals surface area contributed by atoms with Crippen LogP contribution >= 0.6 is 0 Å². The fourth-order valence-electron chi connectivity index (χ4n) is 1.41. The van der Waals surface area contributed by atoms with Gasteiger partial charge >= 0.3 is 6.01 Å². The summed E-state index contributed by atoms with van der Waals surface area (Å²) in [6.45, 7) is 2.03. The summed E-state index contributed by atoms with van der Waals surface area (Å²) in [5, 5.41) is 15.8. The number of ether oxygens (including phenoxy) is 1. The molecule has 0 fully saturated rings. The van der Waals surface area contributed by atoms with Gasteiger partial charge < -0.3 is 19.7 Å². The predicted molar refractivity (Wildman–Crippen MR) is 66.5 cm³/mol. The van der Waals surface area contributed by atoms with Crippen LogP contribution in [0.25, 0.3) is 11.4 Å². The summed E-state index contributed by atoms with van der Waals surface area (Å²) in [5.41, 5.74) is 0.809. The molecule has 6 heteroatoms. The fourth-order valence-corrected chi connectivity index (χ4v) is 1.41. The number of hydrogen-bond donors (Lipinski definition) is 2.